The summed E-state index contributed by atoms with van der Waals surface area (Å²) in [6, 6.07) is 12.8. The van der Waals surface area contributed by atoms with Crippen molar-refractivity contribution in [3.63, 3.8) is 0 Å². The van der Waals surface area contributed by atoms with Gasteiger partial charge < -0.3 is 24.8 Å². The summed E-state index contributed by atoms with van der Waals surface area (Å²) in [4.78, 5) is 42.8. The molecule has 1 fully saturated rings. The predicted octanol–water partition coefficient (Wildman–Crippen LogP) is 2.40. The van der Waals surface area contributed by atoms with E-state index in [1.165, 1.54) is 11.8 Å². The number of nitrogens with zero attached hydrogens (tertiary/aromatic N) is 3. The number of piperazine rings is 1. The summed E-state index contributed by atoms with van der Waals surface area (Å²) in [5.41, 5.74) is 2.89. The third kappa shape index (κ3) is 4.91. The highest BCUT2D eigenvalue weighted by molar-refractivity contribution is 6.02. The van der Waals surface area contributed by atoms with E-state index in [4.69, 9.17) is 4.74 Å². The Hall–Kier alpha value is -3.39. The van der Waals surface area contributed by atoms with Crippen molar-refractivity contribution in [2.24, 2.45) is 0 Å². The van der Waals surface area contributed by atoms with Crippen LogP contribution in [-0.4, -0.2) is 68.9 Å². The number of benzene rings is 2. The van der Waals surface area contributed by atoms with Gasteiger partial charge in [0.25, 0.3) is 5.91 Å². The first-order valence-corrected chi connectivity index (χ1v) is 10.8. The van der Waals surface area contributed by atoms with Crippen molar-refractivity contribution in [2.75, 3.05) is 61.5 Å². The van der Waals surface area contributed by atoms with Gasteiger partial charge in [-0.05, 0) is 56.4 Å². The van der Waals surface area contributed by atoms with Crippen LogP contribution in [0.2, 0.25) is 0 Å². The molecule has 2 aromatic carbocycles. The number of carbonyl (C=O) groups excluding carboxylic acids is 3. The molecule has 0 saturated carbocycles. The summed E-state index contributed by atoms with van der Waals surface area (Å²) in [6.07, 6.45) is 0.135. The summed E-state index contributed by atoms with van der Waals surface area (Å²) in [5, 5.41) is 2.90. The third-order valence-electron chi connectivity index (χ3n) is 5.89. The van der Waals surface area contributed by atoms with Crippen molar-refractivity contribution < 1.29 is 19.1 Å². The Bertz CT molecular complexity index is 1010. The molecule has 2 aliphatic heterocycles. The van der Waals surface area contributed by atoms with Crippen LogP contribution in [0.15, 0.2) is 42.5 Å². The topological polar surface area (TPSA) is 82.2 Å². The van der Waals surface area contributed by atoms with Gasteiger partial charge in [-0.25, -0.2) is 0 Å². The smallest absolute Gasteiger partial charge is 0.265 e. The number of nitrogens with one attached hydrogen (secondary N) is 1. The molecular weight excluding hydrogens is 408 g/mol. The van der Waals surface area contributed by atoms with Crippen LogP contribution in [0.3, 0.4) is 0 Å². The number of amides is 2. The summed E-state index contributed by atoms with van der Waals surface area (Å²) >= 11 is 0. The van der Waals surface area contributed by atoms with E-state index >= 15 is 0 Å². The molecule has 0 spiro atoms. The van der Waals surface area contributed by atoms with Crippen molar-refractivity contribution >= 4 is 34.7 Å². The Morgan fingerprint density at radius 2 is 1.75 bits per heavy atom. The minimum absolute atomic E-state index is 0.0816. The number of hydrogen-bond donors (Lipinski definition) is 1. The van der Waals surface area contributed by atoms with E-state index < -0.39 is 0 Å². The van der Waals surface area contributed by atoms with Gasteiger partial charge in [-0.2, -0.15) is 0 Å². The first kappa shape index (κ1) is 21.8. The molecule has 2 amide bonds. The van der Waals surface area contributed by atoms with E-state index in [2.05, 4.69) is 22.2 Å². The van der Waals surface area contributed by atoms with Crippen LogP contribution in [0.25, 0.3) is 0 Å². The number of hydrogen-bond acceptors (Lipinski definition) is 6. The van der Waals surface area contributed by atoms with E-state index in [0.29, 0.717) is 17.0 Å². The second-order valence-electron chi connectivity index (χ2n) is 8.21. The molecule has 0 bridgehead atoms. The molecule has 4 rings (SSSR count). The average molecular weight is 437 g/mol. The number of rotatable bonds is 6. The zero-order valence-corrected chi connectivity index (χ0v) is 18.5. The Balaban J connectivity index is 1.36. The van der Waals surface area contributed by atoms with Gasteiger partial charge in [-0.15, -0.1) is 0 Å². The van der Waals surface area contributed by atoms with Crippen LogP contribution < -0.4 is 19.9 Å². The largest absolute Gasteiger partial charge is 0.482 e. The summed E-state index contributed by atoms with van der Waals surface area (Å²) in [5.74, 6) is 0.0292. The fourth-order valence-electron chi connectivity index (χ4n) is 3.92. The molecule has 0 radical (unpaired) electrons. The van der Waals surface area contributed by atoms with Crippen LogP contribution in [0.4, 0.5) is 17.1 Å². The van der Waals surface area contributed by atoms with Crippen molar-refractivity contribution in [1.82, 2.24) is 4.90 Å². The van der Waals surface area contributed by atoms with Crippen molar-refractivity contribution in [3.8, 4) is 5.75 Å². The standard InChI is InChI=1S/C24H28N4O4/c1-17(29)18-3-8-22-21(15-18)28(24(31)16-32-22)10-9-23(30)25-19-4-6-20(7-5-19)27-13-11-26(2)12-14-27/h3-8,15H,9-14,16H2,1-2H3,(H,25,30). The van der Waals surface area contributed by atoms with Crippen molar-refractivity contribution in [3.05, 3.63) is 48.0 Å². The molecule has 168 valence electrons. The summed E-state index contributed by atoms with van der Waals surface area (Å²) in [6.45, 7) is 5.65. The molecule has 0 aliphatic carbocycles. The quantitative estimate of drug-likeness (QED) is 0.701. The molecule has 0 atom stereocenters. The van der Waals surface area contributed by atoms with E-state index in [0.717, 1.165) is 37.6 Å². The molecule has 8 heteroatoms. The number of likely N-dealkylation sites (N-methyl/N-ethyl adjacent to an activating group) is 1. The SMILES string of the molecule is CC(=O)c1ccc2c(c1)N(CCC(=O)Nc1ccc(N3CCN(C)CC3)cc1)C(=O)CO2. The Morgan fingerprint density at radius 1 is 1.03 bits per heavy atom. The minimum atomic E-state index is -0.234. The second kappa shape index (κ2) is 9.40. The number of ether oxygens (including phenoxy) is 1. The molecule has 32 heavy (non-hydrogen) atoms. The molecule has 2 heterocycles. The van der Waals surface area contributed by atoms with Crippen molar-refractivity contribution in [2.45, 2.75) is 13.3 Å². The van der Waals surface area contributed by atoms with E-state index in [1.807, 2.05) is 24.3 Å². The lowest BCUT2D eigenvalue weighted by atomic mass is 10.1. The maximum Gasteiger partial charge on any atom is 0.265 e. The number of ketones is 1. The van der Waals surface area contributed by atoms with Crippen molar-refractivity contribution in [1.29, 1.82) is 0 Å². The van der Waals surface area contributed by atoms with Crippen LogP contribution in [-0.2, 0) is 9.59 Å². The number of Topliss-reactive ketones (excluding diaryl/α,β-unsaturated/α-hetero) is 1. The maximum absolute atomic E-state index is 12.5. The van der Waals surface area contributed by atoms with Gasteiger partial charge in [0.1, 0.15) is 5.75 Å². The highest BCUT2D eigenvalue weighted by atomic mass is 16.5. The Kier molecular flexibility index (Phi) is 6.41. The van der Waals surface area contributed by atoms with Gasteiger partial charge in [-0.3, -0.25) is 14.4 Å². The summed E-state index contributed by atoms with van der Waals surface area (Å²) in [7, 11) is 2.13. The van der Waals surface area contributed by atoms with Gasteiger partial charge in [-0.1, -0.05) is 0 Å². The molecule has 8 nitrogen and oxygen atoms in total. The number of carbonyl (C=O) groups is 3. The zero-order valence-electron chi connectivity index (χ0n) is 18.5. The zero-order chi connectivity index (χ0) is 22.7. The van der Waals surface area contributed by atoms with Gasteiger partial charge in [0.2, 0.25) is 5.91 Å². The van der Waals surface area contributed by atoms with Gasteiger partial charge >= 0.3 is 0 Å². The highest BCUT2D eigenvalue weighted by Crippen LogP contribution is 2.33. The minimum Gasteiger partial charge on any atom is -0.482 e. The maximum atomic E-state index is 12.5. The summed E-state index contributed by atoms with van der Waals surface area (Å²) < 4.78 is 5.46. The molecular formula is C24H28N4O4. The lowest BCUT2D eigenvalue weighted by Crippen LogP contribution is -2.44. The monoisotopic (exact) mass is 436 g/mol. The molecule has 2 aliphatic rings. The first-order chi connectivity index (χ1) is 15.4. The first-order valence-electron chi connectivity index (χ1n) is 10.8. The third-order valence-corrected chi connectivity index (χ3v) is 5.89. The average Bonchev–Trinajstić information content (AvgIpc) is 2.79. The molecule has 1 N–H and O–H groups in total. The van der Waals surface area contributed by atoms with E-state index in [9.17, 15) is 14.4 Å². The molecule has 0 unspecified atom stereocenters. The predicted molar refractivity (Wildman–Crippen MR) is 124 cm³/mol. The van der Waals surface area contributed by atoms with Crippen LogP contribution >= 0.6 is 0 Å². The van der Waals surface area contributed by atoms with Gasteiger partial charge in [0.05, 0.1) is 5.69 Å². The second-order valence-corrected chi connectivity index (χ2v) is 8.21. The van der Waals surface area contributed by atoms with Gasteiger partial charge in [0, 0.05) is 56.1 Å². The van der Waals surface area contributed by atoms with E-state index in [1.54, 1.807) is 18.2 Å². The fraction of sp³-hybridized carbons (Fsp3) is 0.375. The van der Waals surface area contributed by atoms with Crippen LogP contribution in [0.5, 0.6) is 5.75 Å². The number of anilines is 3. The molecule has 2 aromatic rings. The Labute approximate surface area is 187 Å². The highest BCUT2D eigenvalue weighted by Gasteiger charge is 2.26. The van der Waals surface area contributed by atoms with Crippen LogP contribution in [0, 0.1) is 0 Å². The normalized spacial score (nSPS) is 16.4. The molecule has 0 aromatic heterocycles. The lowest BCUT2D eigenvalue weighted by molar-refractivity contribution is -0.121. The fourth-order valence-corrected chi connectivity index (χ4v) is 3.92. The van der Waals surface area contributed by atoms with Gasteiger partial charge in [0.15, 0.2) is 12.4 Å². The molecule has 1 saturated heterocycles. The number of fused-ring (bicyclic) bond motifs is 1. The van der Waals surface area contributed by atoms with Crippen LogP contribution in [0.1, 0.15) is 23.7 Å². The Morgan fingerprint density at radius 3 is 2.44 bits per heavy atom. The lowest BCUT2D eigenvalue weighted by Gasteiger charge is -2.34. The van der Waals surface area contributed by atoms with E-state index in [-0.39, 0.29) is 37.2 Å².